The van der Waals surface area contributed by atoms with Gasteiger partial charge in [0.25, 0.3) is 5.91 Å². The van der Waals surface area contributed by atoms with Crippen molar-refractivity contribution in [2.75, 3.05) is 6.54 Å². The SMILES string of the molecule is CC(Cl)CCCNC(=O)c1ccc2ccccc2c1. The Labute approximate surface area is 118 Å². The van der Waals surface area contributed by atoms with Crippen LogP contribution < -0.4 is 5.32 Å². The molecule has 1 atom stereocenters. The molecule has 0 saturated carbocycles. The van der Waals surface area contributed by atoms with Crippen LogP contribution in [0.25, 0.3) is 10.8 Å². The highest BCUT2D eigenvalue weighted by Gasteiger charge is 2.05. The summed E-state index contributed by atoms with van der Waals surface area (Å²) in [6.07, 6.45) is 1.82. The van der Waals surface area contributed by atoms with Crippen molar-refractivity contribution in [1.82, 2.24) is 5.32 Å². The number of carbonyl (C=O) groups excluding carboxylic acids is 1. The Balaban J connectivity index is 1.97. The molecular formula is C16H18ClNO. The lowest BCUT2D eigenvalue weighted by Crippen LogP contribution is -2.24. The average Bonchev–Trinajstić information content (AvgIpc) is 2.42. The minimum absolute atomic E-state index is 0.0204. The summed E-state index contributed by atoms with van der Waals surface area (Å²) in [5, 5.41) is 5.32. The lowest BCUT2D eigenvalue weighted by Gasteiger charge is -2.07. The fourth-order valence-corrected chi connectivity index (χ4v) is 2.17. The molecule has 2 rings (SSSR count). The molecule has 3 heteroatoms. The molecule has 0 saturated heterocycles. The number of nitrogens with one attached hydrogen (secondary N) is 1. The number of alkyl halides is 1. The molecule has 0 aliphatic carbocycles. The van der Waals surface area contributed by atoms with Gasteiger partial charge in [0, 0.05) is 17.5 Å². The van der Waals surface area contributed by atoms with E-state index in [4.69, 9.17) is 11.6 Å². The Hall–Kier alpha value is -1.54. The Morgan fingerprint density at radius 2 is 1.95 bits per heavy atom. The molecule has 0 aromatic heterocycles. The molecule has 0 radical (unpaired) electrons. The summed E-state index contributed by atoms with van der Waals surface area (Å²) in [6, 6.07) is 13.8. The predicted molar refractivity (Wildman–Crippen MR) is 80.8 cm³/mol. The maximum absolute atomic E-state index is 12.0. The highest BCUT2D eigenvalue weighted by Crippen LogP contribution is 2.15. The van der Waals surface area contributed by atoms with Crippen molar-refractivity contribution >= 4 is 28.3 Å². The van der Waals surface area contributed by atoms with E-state index in [-0.39, 0.29) is 11.3 Å². The zero-order valence-corrected chi connectivity index (χ0v) is 11.8. The molecule has 1 unspecified atom stereocenters. The molecule has 19 heavy (non-hydrogen) atoms. The van der Waals surface area contributed by atoms with Gasteiger partial charge >= 0.3 is 0 Å². The van der Waals surface area contributed by atoms with Crippen molar-refractivity contribution < 1.29 is 4.79 Å². The van der Waals surface area contributed by atoms with Crippen LogP contribution >= 0.6 is 11.6 Å². The number of halogens is 1. The Morgan fingerprint density at radius 3 is 2.68 bits per heavy atom. The van der Waals surface area contributed by atoms with Crippen molar-refractivity contribution in [3.8, 4) is 0 Å². The molecule has 100 valence electrons. The lowest BCUT2D eigenvalue weighted by atomic mass is 10.1. The van der Waals surface area contributed by atoms with Gasteiger partial charge in [0.05, 0.1) is 0 Å². The summed E-state index contributed by atoms with van der Waals surface area (Å²) < 4.78 is 0. The number of hydrogen-bond acceptors (Lipinski definition) is 1. The number of fused-ring (bicyclic) bond motifs is 1. The third-order valence-electron chi connectivity index (χ3n) is 3.08. The van der Waals surface area contributed by atoms with Crippen molar-refractivity contribution in [1.29, 1.82) is 0 Å². The number of hydrogen-bond donors (Lipinski definition) is 1. The summed E-state index contributed by atoms with van der Waals surface area (Å²) in [5.41, 5.74) is 0.706. The highest BCUT2D eigenvalue weighted by molar-refractivity contribution is 6.20. The van der Waals surface area contributed by atoms with E-state index in [1.807, 2.05) is 49.4 Å². The highest BCUT2D eigenvalue weighted by atomic mass is 35.5. The second kappa shape index (κ2) is 6.58. The van der Waals surface area contributed by atoms with Crippen LogP contribution in [0.4, 0.5) is 0 Å². The molecule has 0 fully saturated rings. The van der Waals surface area contributed by atoms with E-state index in [0.29, 0.717) is 12.1 Å². The first-order chi connectivity index (χ1) is 9.16. The zero-order chi connectivity index (χ0) is 13.7. The minimum Gasteiger partial charge on any atom is -0.352 e. The first-order valence-electron chi connectivity index (χ1n) is 6.58. The molecule has 0 bridgehead atoms. The van der Waals surface area contributed by atoms with Crippen LogP contribution in [0.15, 0.2) is 42.5 Å². The summed E-state index contributed by atoms with van der Waals surface area (Å²) in [5.74, 6) is -0.0204. The number of benzene rings is 2. The molecule has 1 N–H and O–H groups in total. The van der Waals surface area contributed by atoms with E-state index in [9.17, 15) is 4.79 Å². The van der Waals surface area contributed by atoms with Gasteiger partial charge in [-0.25, -0.2) is 0 Å². The van der Waals surface area contributed by atoms with Crippen LogP contribution in [0.3, 0.4) is 0 Å². The Kier molecular flexibility index (Phi) is 4.80. The first kappa shape index (κ1) is 13.9. The van der Waals surface area contributed by atoms with Gasteiger partial charge in [-0.1, -0.05) is 30.3 Å². The van der Waals surface area contributed by atoms with E-state index in [2.05, 4.69) is 5.32 Å². The second-order valence-electron chi connectivity index (χ2n) is 4.74. The minimum atomic E-state index is -0.0204. The summed E-state index contributed by atoms with van der Waals surface area (Å²) in [6.45, 7) is 2.63. The zero-order valence-electron chi connectivity index (χ0n) is 11.0. The van der Waals surface area contributed by atoms with Gasteiger partial charge in [-0.2, -0.15) is 0 Å². The van der Waals surface area contributed by atoms with E-state index >= 15 is 0 Å². The van der Waals surface area contributed by atoms with Crippen molar-refractivity contribution in [2.24, 2.45) is 0 Å². The quantitative estimate of drug-likeness (QED) is 0.649. The standard InChI is InChI=1S/C16H18ClNO/c1-12(17)5-4-10-18-16(19)15-9-8-13-6-2-3-7-14(13)11-15/h2-3,6-9,11-12H,4-5,10H2,1H3,(H,18,19). The van der Waals surface area contributed by atoms with Gasteiger partial charge < -0.3 is 5.32 Å². The topological polar surface area (TPSA) is 29.1 Å². The molecule has 0 heterocycles. The van der Waals surface area contributed by atoms with Crippen molar-refractivity contribution in [3.63, 3.8) is 0 Å². The fraction of sp³-hybridized carbons (Fsp3) is 0.312. The van der Waals surface area contributed by atoms with Crippen molar-refractivity contribution in [2.45, 2.75) is 25.1 Å². The smallest absolute Gasteiger partial charge is 0.251 e. The molecule has 2 nitrogen and oxygen atoms in total. The maximum Gasteiger partial charge on any atom is 0.251 e. The molecule has 1 amide bonds. The second-order valence-corrected chi connectivity index (χ2v) is 5.49. The van der Waals surface area contributed by atoms with E-state index in [1.54, 1.807) is 0 Å². The summed E-state index contributed by atoms with van der Waals surface area (Å²) in [4.78, 5) is 12.0. The van der Waals surface area contributed by atoms with Crippen molar-refractivity contribution in [3.05, 3.63) is 48.0 Å². The average molecular weight is 276 g/mol. The van der Waals surface area contributed by atoms with Gasteiger partial charge in [0.2, 0.25) is 0 Å². The number of carbonyl (C=O) groups is 1. The molecule has 0 aliphatic rings. The number of rotatable bonds is 5. The monoisotopic (exact) mass is 275 g/mol. The van der Waals surface area contributed by atoms with Gasteiger partial charge in [-0.05, 0) is 42.7 Å². The molecule has 0 spiro atoms. The van der Waals surface area contributed by atoms with Gasteiger partial charge in [-0.15, -0.1) is 11.6 Å². The van der Waals surface area contributed by atoms with Crippen LogP contribution in [0.1, 0.15) is 30.1 Å². The van der Waals surface area contributed by atoms with Gasteiger partial charge in [0.15, 0.2) is 0 Å². The van der Waals surface area contributed by atoms with Gasteiger partial charge in [0.1, 0.15) is 0 Å². The largest absolute Gasteiger partial charge is 0.352 e. The van der Waals surface area contributed by atoms with E-state index in [0.717, 1.165) is 23.6 Å². The third-order valence-corrected chi connectivity index (χ3v) is 3.29. The van der Waals surface area contributed by atoms with E-state index < -0.39 is 0 Å². The fourth-order valence-electron chi connectivity index (χ4n) is 2.02. The number of amides is 1. The van der Waals surface area contributed by atoms with Gasteiger partial charge in [-0.3, -0.25) is 4.79 Å². The van der Waals surface area contributed by atoms with Crippen LogP contribution in [0, 0.1) is 0 Å². The first-order valence-corrected chi connectivity index (χ1v) is 7.01. The summed E-state index contributed by atoms with van der Waals surface area (Å²) >= 11 is 5.86. The van der Waals surface area contributed by atoms with Crippen LogP contribution in [-0.2, 0) is 0 Å². The van der Waals surface area contributed by atoms with Crippen LogP contribution in [0.5, 0.6) is 0 Å². The van der Waals surface area contributed by atoms with E-state index in [1.165, 1.54) is 0 Å². The third kappa shape index (κ3) is 3.97. The predicted octanol–water partition coefficient (Wildman–Crippen LogP) is 3.98. The van der Waals surface area contributed by atoms with Crippen LogP contribution in [0.2, 0.25) is 0 Å². The molecule has 2 aromatic rings. The summed E-state index contributed by atoms with van der Waals surface area (Å²) in [7, 11) is 0. The lowest BCUT2D eigenvalue weighted by molar-refractivity contribution is 0.0953. The molecular weight excluding hydrogens is 258 g/mol. The maximum atomic E-state index is 12.0. The molecule has 2 aromatic carbocycles. The molecule has 0 aliphatic heterocycles. The normalized spacial score (nSPS) is 12.3. The van der Waals surface area contributed by atoms with Crippen LogP contribution in [-0.4, -0.2) is 17.8 Å². The Morgan fingerprint density at radius 1 is 1.21 bits per heavy atom. The Bertz CT molecular complexity index is 565.